The van der Waals surface area contributed by atoms with Crippen molar-refractivity contribution in [3.05, 3.63) is 30.1 Å². The Bertz CT molecular complexity index is 288. The molecule has 0 saturated heterocycles. The first-order chi connectivity index (χ1) is 5.34. The van der Waals surface area contributed by atoms with Crippen LogP contribution in [0.3, 0.4) is 0 Å². The van der Waals surface area contributed by atoms with E-state index >= 15 is 0 Å². The zero-order valence-electron chi connectivity index (χ0n) is 5.61. The number of pyridine rings is 1. The smallest absolute Gasteiger partial charge is 0.264 e. The first-order valence-corrected chi connectivity index (χ1v) is 2.94. The summed E-state index contributed by atoms with van der Waals surface area (Å²) in [4.78, 5) is 14.6. The van der Waals surface area contributed by atoms with Crippen molar-refractivity contribution in [1.29, 1.82) is 5.26 Å². The van der Waals surface area contributed by atoms with Gasteiger partial charge in [-0.1, -0.05) is 0 Å². The molecule has 54 valence electrons. The number of hydrogen-bond acceptors (Lipinski definition) is 3. The molecular formula is C7H5N3O. The standard InChI is InChI=1S/C7H5N3O/c8-5-10-7(11)6-1-3-9-4-2-6/h1-4H,(H,10,11). The lowest BCUT2D eigenvalue weighted by Crippen LogP contribution is -2.16. The van der Waals surface area contributed by atoms with Crippen LogP contribution in [0, 0.1) is 11.5 Å². The van der Waals surface area contributed by atoms with Crippen LogP contribution < -0.4 is 5.32 Å². The van der Waals surface area contributed by atoms with Crippen LogP contribution in [0.4, 0.5) is 0 Å². The Morgan fingerprint density at radius 1 is 1.55 bits per heavy atom. The highest BCUT2D eigenvalue weighted by molar-refractivity contribution is 5.94. The maximum atomic E-state index is 10.9. The molecule has 1 heterocycles. The molecule has 0 saturated carbocycles. The van der Waals surface area contributed by atoms with Crippen LogP contribution in [0.1, 0.15) is 10.4 Å². The molecular weight excluding hydrogens is 142 g/mol. The first-order valence-electron chi connectivity index (χ1n) is 2.94. The van der Waals surface area contributed by atoms with E-state index in [4.69, 9.17) is 5.26 Å². The summed E-state index contributed by atoms with van der Waals surface area (Å²) in [6.45, 7) is 0. The van der Waals surface area contributed by atoms with E-state index in [2.05, 4.69) is 4.98 Å². The van der Waals surface area contributed by atoms with Gasteiger partial charge in [-0.2, -0.15) is 5.26 Å². The highest BCUT2D eigenvalue weighted by Gasteiger charge is 2.01. The Balaban J connectivity index is 2.79. The summed E-state index contributed by atoms with van der Waals surface area (Å²) < 4.78 is 0. The van der Waals surface area contributed by atoms with Gasteiger partial charge in [-0.3, -0.25) is 15.1 Å². The number of carbonyl (C=O) groups excluding carboxylic acids is 1. The molecule has 0 aliphatic heterocycles. The number of carbonyl (C=O) groups is 1. The quantitative estimate of drug-likeness (QED) is 0.458. The van der Waals surface area contributed by atoms with E-state index in [9.17, 15) is 4.79 Å². The van der Waals surface area contributed by atoms with Gasteiger partial charge in [-0.15, -0.1) is 0 Å². The van der Waals surface area contributed by atoms with Crippen LogP contribution in [-0.2, 0) is 0 Å². The van der Waals surface area contributed by atoms with Gasteiger partial charge in [0.2, 0.25) is 0 Å². The average Bonchev–Trinajstić information content (AvgIpc) is 2.07. The third-order valence-electron chi connectivity index (χ3n) is 1.11. The van der Waals surface area contributed by atoms with Crippen LogP contribution in [0.15, 0.2) is 24.5 Å². The van der Waals surface area contributed by atoms with Crippen LogP contribution in [-0.4, -0.2) is 10.9 Å². The molecule has 1 N–H and O–H groups in total. The van der Waals surface area contributed by atoms with Gasteiger partial charge >= 0.3 is 0 Å². The van der Waals surface area contributed by atoms with Crippen molar-refractivity contribution in [2.45, 2.75) is 0 Å². The van der Waals surface area contributed by atoms with Crippen molar-refractivity contribution in [3.8, 4) is 6.19 Å². The van der Waals surface area contributed by atoms with Crippen molar-refractivity contribution in [2.75, 3.05) is 0 Å². The van der Waals surface area contributed by atoms with Crippen molar-refractivity contribution >= 4 is 5.91 Å². The third kappa shape index (κ3) is 1.76. The molecule has 0 bridgehead atoms. The van der Waals surface area contributed by atoms with E-state index < -0.39 is 5.91 Å². The second-order valence-electron chi connectivity index (χ2n) is 1.80. The molecule has 0 atom stereocenters. The average molecular weight is 147 g/mol. The number of nitrogens with one attached hydrogen (secondary N) is 1. The SMILES string of the molecule is N#CNC(=O)c1ccncc1. The highest BCUT2D eigenvalue weighted by Crippen LogP contribution is 1.94. The zero-order chi connectivity index (χ0) is 8.10. The summed E-state index contributed by atoms with van der Waals surface area (Å²) in [6, 6.07) is 3.07. The Kier molecular flexibility index (Phi) is 2.18. The van der Waals surface area contributed by atoms with E-state index in [1.807, 2.05) is 5.32 Å². The number of nitriles is 1. The molecule has 0 aromatic carbocycles. The predicted octanol–water partition coefficient (Wildman–Crippen LogP) is 0.292. The lowest BCUT2D eigenvalue weighted by atomic mass is 10.2. The van der Waals surface area contributed by atoms with Crippen LogP contribution in [0.5, 0.6) is 0 Å². The van der Waals surface area contributed by atoms with Crippen molar-refractivity contribution < 1.29 is 4.79 Å². The topological polar surface area (TPSA) is 65.8 Å². The predicted molar refractivity (Wildman–Crippen MR) is 37.3 cm³/mol. The minimum absolute atomic E-state index is 0.408. The molecule has 0 fully saturated rings. The second-order valence-corrected chi connectivity index (χ2v) is 1.80. The van der Waals surface area contributed by atoms with E-state index in [0.29, 0.717) is 5.56 Å². The van der Waals surface area contributed by atoms with Gasteiger partial charge in [-0.25, -0.2) is 0 Å². The van der Waals surface area contributed by atoms with Crippen molar-refractivity contribution in [3.63, 3.8) is 0 Å². The van der Waals surface area contributed by atoms with Gasteiger partial charge in [0.1, 0.15) is 0 Å². The fourth-order valence-corrected chi connectivity index (χ4v) is 0.626. The summed E-state index contributed by atoms with van der Waals surface area (Å²) in [5.41, 5.74) is 0.432. The van der Waals surface area contributed by atoms with Gasteiger partial charge in [0.05, 0.1) is 0 Å². The molecule has 1 aromatic heterocycles. The van der Waals surface area contributed by atoms with Crippen molar-refractivity contribution in [2.24, 2.45) is 0 Å². The largest absolute Gasteiger partial charge is 0.268 e. The number of aromatic nitrogens is 1. The Morgan fingerprint density at radius 2 is 2.18 bits per heavy atom. The monoisotopic (exact) mass is 147 g/mol. The first kappa shape index (κ1) is 7.22. The summed E-state index contributed by atoms with van der Waals surface area (Å²) in [7, 11) is 0. The fraction of sp³-hybridized carbons (Fsp3) is 0. The summed E-state index contributed by atoms with van der Waals surface area (Å²) in [5, 5.41) is 10.1. The van der Waals surface area contributed by atoms with Gasteiger partial charge in [0, 0.05) is 18.0 Å². The van der Waals surface area contributed by atoms with E-state index in [1.54, 1.807) is 6.19 Å². The summed E-state index contributed by atoms with van der Waals surface area (Å²) >= 11 is 0. The second kappa shape index (κ2) is 3.32. The normalized spacial score (nSPS) is 8.27. The molecule has 11 heavy (non-hydrogen) atoms. The summed E-state index contributed by atoms with van der Waals surface area (Å²) in [5.74, 6) is -0.408. The van der Waals surface area contributed by atoms with E-state index in [1.165, 1.54) is 24.5 Å². The molecule has 0 unspecified atom stereocenters. The number of amides is 1. The maximum Gasteiger partial charge on any atom is 0.264 e. The van der Waals surface area contributed by atoms with Crippen molar-refractivity contribution in [1.82, 2.24) is 10.3 Å². The van der Waals surface area contributed by atoms with Gasteiger partial charge in [0.15, 0.2) is 6.19 Å². The van der Waals surface area contributed by atoms with Crippen LogP contribution >= 0.6 is 0 Å². The Morgan fingerprint density at radius 3 is 2.73 bits per heavy atom. The van der Waals surface area contributed by atoms with Gasteiger partial charge < -0.3 is 0 Å². The fourth-order valence-electron chi connectivity index (χ4n) is 0.626. The lowest BCUT2D eigenvalue weighted by molar-refractivity contribution is 0.0973. The molecule has 1 aromatic rings. The Labute approximate surface area is 63.5 Å². The Hall–Kier alpha value is -1.89. The number of rotatable bonds is 1. The van der Waals surface area contributed by atoms with Crippen LogP contribution in [0.25, 0.3) is 0 Å². The zero-order valence-corrected chi connectivity index (χ0v) is 5.61. The van der Waals surface area contributed by atoms with Crippen LogP contribution in [0.2, 0.25) is 0 Å². The van der Waals surface area contributed by atoms with Gasteiger partial charge in [-0.05, 0) is 12.1 Å². The molecule has 4 heteroatoms. The maximum absolute atomic E-state index is 10.9. The molecule has 0 aliphatic carbocycles. The molecule has 4 nitrogen and oxygen atoms in total. The number of nitrogens with zero attached hydrogens (tertiary/aromatic N) is 2. The number of hydrogen-bond donors (Lipinski definition) is 1. The molecule has 0 radical (unpaired) electrons. The lowest BCUT2D eigenvalue weighted by Gasteiger charge is -1.93. The molecule has 1 rings (SSSR count). The molecule has 1 amide bonds. The van der Waals surface area contributed by atoms with Gasteiger partial charge in [0.25, 0.3) is 5.91 Å². The third-order valence-corrected chi connectivity index (χ3v) is 1.11. The van der Waals surface area contributed by atoms with E-state index in [0.717, 1.165) is 0 Å². The molecule has 0 spiro atoms. The minimum atomic E-state index is -0.408. The summed E-state index contributed by atoms with van der Waals surface area (Å²) in [6.07, 6.45) is 4.53. The van der Waals surface area contributed by atoms with E-state index in [-0.39, 0.29) is 0 Å². The highest BCUT2D eigenvalue weighted by atomic mass is 16.1. The molecule has 0 aliphatic rings. The minimum Gasteiger partial charge on any atom is -0.268 e.